The number of H-pyrrole nitrogens is 1. The Hall–Kier alpha value is -2.67. The topological polar surface area (TPSA) is 91.9 Å². The molecule has 7 heteroatoms. The summed E-state index contributed by atoms with van der Waals surface area (Å²) in [7, 11) is -2.69. The number of rotatable bonds is 3. The van der Waals surface area contributed by atoms with Crippen molar-refractivity contribution in [2.45, 2.75) is 0 Å². The third-order valence-corrected chi connectivity index (χ3v) is 3.52. The molecule has 0 amide bonds. The second-order valence-corrected chi connectivity index (χ2v) is 5.13. The summed E-state index contributed by atoms with van der Waals surface area (Å²) in [6.45, 7) is 0. The van der Waals surface area contributed by atoms with Crippen LogP contribution in [0.1, 0.15) is 0 Å². The van der Waals surface area contributed by atoms with Gasteiger partial charge in [-0.3, -0.25) is 9.52 Å². The van der Waals surface area contributed by atoms with Crippen LogP contribution in [-0.2, 0) is 10.9 Å². The van der Waals surface area contributed by atoms with E-state index in [4.69, 9.17) is 0 Å². The second-order valence-electron chi connectivity index (χ2n) is 4.39. The maximum atomic E-state index is 11.7. The molecule has 0 saturated carbocycles. The van der Waals surface area contributed by atoms with Crippen LogP contribution >= 0.6 is 0 Å². The summed E-state index contributed by atoms with van der Waals surface area (Å²) in [5, 5.41) is 7.87. The Morgan fingerprint density at radius 3 is 2.29 bits per heavy atom. The molecule has 0 aliphatic heterocycles. The largest absolute Gasteiger partial charge is 0.286 e. The zero-order valence-corrected chi connectivity index (χ0v) is 11.6. The molecule has 0 radical (unpaired) electrons. The lowest BCUT2D eigenvalue weighted by molar-refractivity contribution is 0.619. The molecular weight excluding hydrogens is 290 g/mol. The lowest BCUT2D eigenvalue weighted by atomic mass is 10.1. The van der Waals surface area contributed by atoms with Gasteiger partial charge in [0, 0.05) is 16.6 Å². The Morgan fingerprint density at radius 1 is 0.952 bits per heavy atom. The highest BCUT2D eigenvalue weighted by atomic mass is 32.2. The number of nitrogens with one attached hydrogen (secondary N) is 2. The van der Waals surface area contributed by atoms with Gasteiger partial charge in [0.25, 0.3) is 5.56 Å². The van der Waals surface area contributed by atoms with E-state index < -0.39 is 10.9 Å². The van der Waals surface area contributed by atoms with Crippen molar-refractivity contribution in [1.82, 2.24) is 10.2 Å². The molecule has 2 N–H and O–H groups in total. The van der Waals surface area contributed by atoms with Crippen LogP contribution < -0.4 is 10.3 Å². The Morgan fingerprint density at radius 2 is 1.62 bits per heavy atom. The monoisotopic (exact) mass is 301 g/mol. The standard InChI is InChI=1S/C14H11N3O3S/c18-14-12-4-2-1-3-11(12)13(15-16-14)9-5-7-10(8-6-9)17-21(19)20/h1-8,21H,(H,16,18)(H,17,19,20). The first-order chi connectivity index (χ1) is 10.1. The van der Waals surface area contributed by atoms with Crippen molar-refractivity contribution in [1.29, 1.82) is 0 Å². The molecule has 0 unspecified atom stereocenters. The molecule has 0 aliphatic rings. The van der Waals surface area contributed by atoms with Gasteiger partial charge in [0.2, 0.25) is 10.9 Å². The van der Waals surface area contributed by atoms with E-state index >= 15 is 0 Å². The van der Waals surface area contributed by atoms with Crippen LogP contribution in [0.2, 0.25) is 0 Å². The maximum absolute atomic E-state index is 11.7. The Balaban J connectivity index is 2.12. The van der Waals surface area contributed by atoms with Crippen LogP contribution in [0.5, 0.6) is 0 Å². The van der Waals surface area contributed by atoms with E-state index in [1.165, 1.54) is 0 Å². The fraction of sp³-hybridized carbons (Fsp3) is 0. The fourth-order valence-electron chi connectivity index (χ4n) is 2.14. The predicted molar refractivity (Wildman–Crippen MR) is 81.7 cm³/mol. The Labute approximate surface area is 121 Å². The van der Waals surface area contributed by atoms with Gasteiger partial charge in [-0.1, -0.05) is 30.3 Å². The van der Waals surface area contributed by atoms with Crippen molar-refractivity contribution in [3.8, 4) is 11.3 Å². The normalized spacial score (nSPS) is 10.9. The smallest absolute Gasteiger partial charge is 0.272 e. The van der Waals surface area contributed by atoms with Crippen molar-refractivity contribution >= 4 is 27.4 Å². The lowest BCUT2D eigenvalue weighted by Crippen LogP contribution is -2.09. The lowest BCUT2D eigenvalue weighted by Gasteiger charge is -2.06. The van der Waals surface area contributed by atoms with E-state index in [0.29, 0.717) is 16.8 Å². The average Bonchev–Trinajstić information content (AvgIpc) is 2.48. The van der Waals surface area contributed by atoms with Crippen molar-refractivity contribution < 1.29 is 8.42 Å². The van der Waals surface area contributed by atoms with Gasteiger partial charge in [-0.15, -0.1) is 0 Å². The average molecular weight is 301 g/mol. The molecule has 1 heterocycles. The number of benzene rings is 2. The van der Waals surface area contributed by atoms with Crippen molar-refractivity contribution in [2.24, 2.45) is 0 Å². The van der Waals surface area contributed by atoms with Crippen LogP contribution in [-0.4, -0.2) is 18.6 Å². The number of aromatic amines is 1. The van der Waals surface area contributed by atoms with Crippen LogP contribution in [0.25, 0.3) is 22.0 Å². The molecular formula is C14H11N3O3S. The molecule has 2 aromatic carbocycles. The van der Waals surface area contributed by atoms with Crippen molar-refractivity contribution in [2.75, 3.05) is 4.72 Å². The summed E-state index contributed by atoms with van der Waals surface area (Å²) in [4.78, 5) is 11.7. The third-order valence-electron chi connectivity index (χ3n) is 3.07. The minimum absolute atomic E-state index is 0.240. The quantitative estimate of drug-likeness (QED) is 0.640. The zero-order chi connectivity index (χ0) is 14.8. The summed E-state index contributed by atoms with van der Waals surface area (Å²) in [5.41, 5.74) is 1.66. The van der Waals surface area contributed by atoms with E-state index in [-0.39, 0.29) is 5.56 Å². The fourth-order valence-corrected chi connectivity index (χ4v) is 2.50. The van der Waals surface area contributed by atoms with E-state index in [2.05, 4.69) is 14.9 Å². The molecule has 21 heavy (non-hydrogen) atoms. The van der Waals surface area contributed by atoms with Crippen LogP contribution in [0.15, 0.2) is 53.3 Å². The number of anilines is 1. The molecule has 6 nitrogen and oxygen atoms in total. The number of aromatic nitrogens is 2. The summed E-state index contributed by atoms with van der Waals surface area (Å²) < 4.78 is 23.5. The zero-order valence-electron chi connectivity index (χ0n) is 10.7. The maximum Gasteiger partial charge on any atom is 0.272 e. The predicted octanol–water partition coefficient (Wildman–Crippen LogP) is 1.53. The highest BCUT2D eigenvalue weighted by Gasteiger charge is 2.08. The first-order valence-electron chi connectivity index (χ1n) is 6.14. The molecule has 3 rings (SSSR count). The van der Waals surface area contributed by atoms with E-state index in [1.54, 1.807) is 36.4 Å². The molecule has 0 fully saturated rings. The first-order valence-corrected chi connectivity index (χ1v) is 7.32. The summed E-state index contributed by atoms with van der Waals surface area (Å²) in [6, 6.07) is 14.0. The molecule has 0 bridgehead atoms. The van der Waals surface area contributed by atoms with Gasteiger partial charge in [-0.2, -0.15) is 5.10 Å². The molecule has 0 aliphatic carbocycles. The second kappa shape index (κ2) is 5.37. The van der Waals surface area contributed by atoms with Crippen LogP contribution in [0.3, 0.4) is 0 Å². The number of thiol groups is 1. The molecule has 1 aromatic heterocycles. The van der Waals surface area contributed by atoms with Gasteiger partial charge >= 0.3 is 0 Å². The number of nitrogens with zero attached hydrogens (tertiary/aromatic N) is 1. The summed E-state index contributed by atoms with van der Waals surface area (Å²) >= 11 is 0. The Bertz CT molecular complexity index is 922. The third kappa shape index (κ3) is 2.63. The van der Waals surface area contributed by atoms with Crippen molar-refractivity contribution in [3.63, 3.8) is 0 Å². The van der Waals surface area contributed by atoms with Crippen LogP contribution in [0.4, 0.5) is 5.69 Å². The molecule has 0 atom stereocenters. The Kier molecular flexibility index (Phi) is 3.41. The first kappa shape index (κ1) is 13.3. The van der Waals surface area contributed by atoms with Gasteiger partial charge < -0.3 is 0 Å². The highest BCUT2D eigenvalue weighted by molar-refractivity contribution is 7.73. The van der Waals surface area contributed by atoms with Gasteiger partial charge in [0.15, 0.2) is 0 Å². The number of fused-ring (bicyclic) bond motifs is 1. The molecule has 0 spiro atoms. The SMILES string of the molecule is O=c1[nH]nc(-c2ccc(N[SH](=O)=O)cc2)c2ccccc12. The van der Waals surface area contributed by atoms with Gasteiger partial charge in [0.1, 0.15) is 0 Å². The minimum atomic E-state index is -2.69. The van der Waals surface area contributed by atoms with Gasteiger partial charge in [-0.25, -0.2) is 13.5 Å². The molecule has 106 valence electrons. The van der Waals surface area contributed by atoms with Gasteiger partial charge in [-0.05, 0) is 18.2 Å². The highest BCUT2D eigenvalue weighted by Crippen LogP contribution is 2.25. The van der Waals surface area contributed by atoms with E-state index in [1.807, 2.05) is 12.1 Å². The number of hydrogen-bond donors (Lipinski definition) is 3. The van der Waals surface area contributed by atoms with E-state index in [0.717, 1.165) is 10.9 Å². The van der Waals surface area contributed by atoms with E-state index in [9.17, 15) is 13.2 Å². The van der Waals surface area contributed by atoms with Crippen molar-refractivity contribution in [3.05, 3.63) is 58.9 Å². The molecule has 3 aromatic rings. The summed E-state index contributed by atoms with van der Waals surface area (Å²) in [5.74, 6) is 0. The van der Waals surface area contributed by atoms with Crippen LogP contribution in [0, 0.1) is 0 Å². The molecule has 0 saturated heterocycles. The van der Waals surface area contributed by atoms with Gasteiger partial charge in [0.05, 0.1) is 11.1 Å². The minimum Gasteiger partial charge on any atom is -0.286 e. The number of hydrogen-bond acceptors (Lipinski definition) is 4. The summed E-state index contributed by atoms with van der Waals surface area (Å²) in [6.07, 6.45) is 0.